The van der Waals surface area contributed by atoms with Crippen LogP contribution in [-0.2, 0) is 4.79 Å². The Labute approximate surface area is 65.4 Å². The van der Waals surface area contributed by atoms with Gasteiger partial charge in [0.15, 0.2) is 6.17 Å². The summed E-state index contributed by atoms with van der Waals surface area (Å²) in [7, 11) is 0. The van der Waals surface area contributed by atoms with Gasteiger partial charge in [-0.25, -0.2) is 9.18 Å². The zero-order valence-electron chi connectivity index (χ0n) is 6.80. The fourth-order valence-corrected chi connectivity index (χ4v) is 1.22. The first-order chi connectivity index (χ1) is 4.97. The van der Waals surface area contributed by atoms with Crippen LogP contribution in [-0.4, -0.2) is 17.2 Å². The number of rotatable bonds is 3. The van der Waals surface area contributed by atoms with Gasteiger partial charge in [-0.3, -0.25) is 0 Å². The van der Waals surface area contributed by atoms with Gasteiger partial charge in [-0.15, -0.1) is 0 Å². The molecular weight excluding hydrogens is 147 g/mol. The molecule has 1 aliphatic rings. The highest BCUT2D eigenvalue weighted by atomic mass is 19.1. The maximum Gasteiger partial charge on any atom is 0.338 e. The summed E-state index contributed by atoms with van der Waals surface area (Å²) in [5.74, 6) is -1.68. The fourth-order valence-electron chi connectivity index (χ4n) is 1.22. The number of aliphatic carboxylic acids is 1. The first-order valence-electron chi connectivity index (χ1n) is 3.84. The largest absolute Gasteiger partial charge is 0.479 e. The van der Waals surface area contributed by atoms with Crippen molar-refractivity contribution in [2.24, 2.45) is 11.3 Å². The zero-order valence-corrected chi connectivity index (χ0v) is 6.80. The molecule has 1 fully saturated rings. The average molecular weight is 160 g/mol. The number of carboxylic acids is 1. The molecule has 1 saturated carbocycles. The van der Waals surface area contributed by atoms with Crippen LogP contribution in [0.15, 0.2) is 0 Å². The van der Waals surface area contributed by atoms with Crippen LogP contribution in [0.2, 0.25) is 0 Å². The van der Waals surface area contributed by atoms with Crippen molar-refractivity contribution in [2.75, 3.05) is 0 Å². The van der Waals surface area contributed by atoms with E-state index in [0.29, 0.717) is 0 Å². The molecule has 0 bridgehead atoms. The molecule has 3 heteroatoms. The Balaban J connectivity index is 2.53. The molecule has 2 nitrogen and oxygen atoms in total. The summed E-state index contributed by atoms with van der Waals surface area (Å²) in [6.07, 6.45) is 0.228. The van der Waals surface area contributed by atoms with Crippen molar-refractivity contribution in [3.8, 4) is 0 Å². The quantitative estimate of drug-likeness (QED) is 0.684. The van der Waals surface area contributed by atoms with Crippen molar-refractivity contribution in [1.82, 2.24) is 0 Å². The van der Waals surface area contributed by atoms with E-state index in [4.69, 9.17) is 5.11 Å². The average Bonchev–Trinajstić information content (AvgIpc) is 2.66. The van der Waals surface area contributed by atoms with Gasteiger partial charge in [-0.1, -0.05) is 13.8 Å². The zero-order chi connectivity index (χ0) is 8.65. The highest BCUT2D eigenvalue weighted by Crippen LogP contribution is 2.52. The van der Waals surface area contributed by atoms with Gasteiger partial charge in [0.2, 0.25) is 0 Å². The molecule has 2 atom stereocenters. The normalized spacial score (nSPS) is 25.7. The van der Waals surface area contributed by atoms with Crippen molar-refractivity contribution in [3.63, 3.8) is 0 Å². The third kappa shape index (κ3) is 1.52. The minimum atomic E-state index is -1.69. The predicted octanol–water partition coefficient (Wildman–Crippen LogP) is 1.85. The van der Waals surface area contributed by atoms with Gasteiger partial charge < -0.3 is 5.11 Å². The van der Waals surface area contributed by atoms with Crippen LogP contribution in [0, 0.1) is 11.3 Å². The lowest BCUT2D eigenvalue weighted by Crippen LogP contribution is -2.28. The highest BCUT2D eigenvalue weighted by molar-refractivity contribution is 5.72. The molecule has 0 aromatic carbocycles. The molecular formula is C8H13FO2. The van der Waals surface area contributed by atoms with Crippen molar-refractivity contribution in [1.29, 1.82) is 0 Å². The number of hydrogen-bond acceptors (Lipinski definition) is 1. The first kappa shape index (κ1) is 8.50. The van der Waals surface area contributed by atoms with E-state index in [1.807, 2.05) is 6.92 Å². The maximum absolute atomic E-state index is 12.9. The van der Waals surface area contributed by atoms with Crippen molar-refractivity contribution >= 4 is 5.97 Å². The summed E-state index contributed by atoms with van der Waals surface area (Å²) in [5, 5.41) is 8.37. The van der Waals surface area contributed by atoms with Crippen LogP contribution in [0.3, 0.4) is 0 Å². The third-order valence-electron chi connectivity index (χ3n) is 2.81. The van der Waals surface area contributed by atoms with Crippen LogP contribution in [0.1, 0.15) is 26.7 Å². The molecule has 0 aliphatic heterocycles. The second-order valence-electron chi connectivity index (χ2n) is 3.68. The van der Waals surface area contributed by atoms with Crippen LogP contribution < -0.4 is 0 Å². The van der Waals surface area contributed by atoms with E-state index in [2.05, 4.69) is 0 Å². The summed E-state index contributed by atoms with van der Waals surface area (Å²) in [5.41, 5.74) is -0.0438. The van der Waals surface area contributed by atoms with E-state index in [1.165, 1.54) is 0 Å². The van der Waals surface area contributed by atoms with Gasteiger partial charge in [-0.05, 0) is 18.3 Å². The highest BCUT2D eigenvalue weighted by Gasteiger charge is 2.47. The van der Waals surface area contributed by atoms with Crippen molar-refractivity contribution in [2.45, 2.75) is 32.9 Å². The Morgan fingerprint density at radius 1 is 1.64 bits per heavy atom. The smallest absolute Gasteiger partial charge is 0.338 e. The van der Waals surface area contributed by atoms with Crippen LogP contribution in [0.4, 0.5) is 4.39 Å². The molecule has 0 spiro atoms. The number of halogens is 1. The standard InChI is InChI=1S/C8H13FO2/c1-5(6(9)7(10)11)8(2)3-4-8/h5-6H,3-4H2,1-2H3,(H,10,11). The lowest BCUT2D eigenvalue weighted by Gasteiger charge is -2.19. The Kier molecular flexibility index (Phi) is 1.90. The minimum absolute atomic E-state index is 0.0438. The fraction of sp³-hybridized carbons (Fsp3) is 0.875. The number of carbonyl (C=O) groups is 1. The minimum Gasteiger partial charge on any atom is -0.479 e. The Bertz CT molecular complexity index is 175. The van der Waals surface area contributed by atoms with Gasteiger partial charge in [0.25, 0.3) is 0 Å². The molecule has 2 unspecified atom stereocenters. The predicted molar refractivity (Wildman–Crippen MR) is 39.0 cm³/mol. The lowest BCUT2D eigenvalue weighted by atomic mass is 9.89. The molecule has 0 amide bonds. The molecule has 0 heterocycles. The summed E-state index contributed by atoms with van der Waals surface area (Å²) in [6.45, 7) is 3.61. The van der Waals surface area contributed by atoms with E-state index >= 15 is 0 Å². The lowest BCUT2D eigenvalue weighted by molar-refractivity contribution is -0.145. The van der Waals surface area contributed by atoms with Gasteiger partial charge in [-0.2, -0.15) is 0 Å². The van der Waals surface area contributed by atoms with Crippen molar-refractivity contribution < 1.29 is 14.3 Å². The first-order valence-corrected chi connectivity index (χ1v) is 3.84. The van der Waals surface area contributed by atoms with E-state index in [0.717, 1.165) is 12.8 Å². The maximum atomic E-state index is 12.9. The molecule has 1 rings (SSSR count). The topological polar surface area (TPSA) is 37.3 Å². The molecule has 0 aromatic heterocycles. The van der Waals surface area contributed by atoms with Gasteiger partial charge in [0, 0.05) is 5.92 Å². The molecule has 1 aliphatic carbocycles. The van der Waals surface area contributed by atoms with Gasteiger partial charge in [0.05, 0.1) is 0 Å². The SMILES string of the molecule is CC(C(F)C(=O)O)C1(C)CC1. The van der Waals surface area contributed by atoms with Gasteiger partial charge in [0.1, 0.15) is 0 Å². The molecule has 64 valence electrons. The van der Waals surface area contributed by atoms with E-state index in [-0.39, 0.29) is 11.3 Å². The monoisotopic (exact) mass is 160 g/mol. The summed E-state index contributed by atoms with van der Waals surface area (Å²) in [4.78, 5) is 10.2. The van der Waals surface area contributed by atoms with E-state index in [1.54, 1.807) is 6.92 Å². The molecule has 11 heavy (non-hydrogen) atoms. The second-order valence-corrected chi connectivity index (χ2v) is 3.68. The van der Waals surface area contributed by atoms with Crippen LogP contribution in [0.25, 0.3) is 0 Å². The van der Waals surface area contributed by atoms with E-state index < -0.39 is 12.1 Å². The second kappa shape index (κ2) is 2.47. The summed E-state index contributed by atoms with van der Waals surface area (Å²) in [6, 6.07) is 0. The summed E-state index contributed by atoms with van der Waals surface area (Å²) < 4.78 is 12.9. The van der Waals surface area contributed by atoms with Crippen LogP contribution in [0.5, 0.6) is 0 Å². The Morgan fingerprint density at radius 3 is 2.36 bits per heavy atom. The Hall–Kier alpha value is -0.600. The number of hydrogen-bond donors (Lipinski definition) is 1. The third-order valence-corrected chi connectivity index (χ3v) is 2.81. The van der Waals surface area contributed by atoms with Gasteiger partial charge >= 0.3 is 5.97 Å². The molecule has 0 aromatic rings. The number of carboxylic acid groups (broad SMARTS) is 1. The molecule has 1 N–H and O–H groups in total. The molecule has 0 saturated heterocycles. The number of alkyl halides is 1. The Morgan fingerprint density at radius 2 is 2.09 bits per heavy atom. The van der Waals surface area contributed by atoms with Crippen molar-refractivity contribution in [3.05, 3.63) is 0 Å². The van der Waals surface area contributed by atoms with Crippen LogP contribution >= 0.6 is 0 Å². The van der Waals surface area contributed by atoms with E-state index in [9.17, 15) is 9.18 Å². The molecule has 0 radical (unpaired) electrons. The summed E-state index contributed by atoms with van der Waals surface area (Å²) >= 11 is 0.